The van der Waals surface area contributed by atoms with Gasteiger partial charge in [-0.05, 0) is 43.9 Å². The molecule has 1 aromatic rings. The second kappa shape index (κ2) is 8.68. The molecule has 5 nitrogen and oxygen atoms in total. The van der Waals surface area contributed by atoms with Crippen LogP contribution in [0.15, 0.2) is 23.1 Å². The predicted octanol–water partition coefficient (Wildman–Crippen LogP) is 3.57. The number of hydrogen-bond acceptors (Lipinski definition) is 4. The molecular formula is C15H19ClF3NO4S. The smallest absolute Gasteiger partial charge is 0.353 e. The van der Waals surface area contributed by atoms with Crippen LogP contribution in [0, 0.1) is 0 Å². The molecule has 1 N–H and O–H groups in total. The second-order valence-electron chi connectivity index (χ2n) is 5.56. The van der Waals surface area contributed by atoms with Crippen LogP contribution in [0.5, 0.6) is 0 Å². The Balaban J connectivity index is 1.91. The van der Waals surface area contributed by atoms with Crippen LogP contribution >= 0.6 is 11.6 Å². The fraction of sp³-hybridized carbons (Fsp3) is 0.600. The van der Waals surface area contributed by atoms with Crippen molar-refractivity contribution in [2.45, 2.75) is 43.0 Å². The van der Waals surface area contributed by atoms with E-state index in [1.807, 2.05) is 0 Å². The topological polar surface area (TPSA) is 64.6 Å². The van der Waals surface area contributed by atoms with Crippen molar-refractivity contribution in [3.05, 3.63) is 28.8 Å². The number of sulfonamides is 1. The van der Waals surface area contributed by atoms with Crippen molar-refractivity contribution in [3.63, 3.8) is 0 Å². The Bertz CT molecular complexity index is 676. The molecule has 142 valence electrons. The molecule has 0 bridgehead atoms. The summed E-state index contributed by atoms with van der Waals surface area (Å²) >= 11 is 5.55. The molecule has 1 saturated heterocycles. The van der Waals surface area contributed by atoms with E-state index >= 15 is 0 Å². The van der Waals surface area contributed by atoms with E-state index in [2.05, 4.69) is 4.72 Å². The van der Waals surface area contributed by atoms with Crippen LogP contribution in [0.25, 0.3) is 0 Å². The number of nitrogens with one attached hydrogen (secondary N) is 1. The molecule has 1 unspecified atom stereocenters. The summed E-state index contributed by atoms with van der Waals surface area (Å²) in [6.45, 7) is 0.836. The van der Waals surface area contributed by atoms with Crippen molar-refractivity contribution in [3.8, 4) is 0 Å². The first-order chi connectivity index (χ1) is 11.7. The van der Waals surface area contributed by atoms with Crippen LogP contribution < -0.4 is 4.72 Å². The third-order valence-corrected chi connectivity index (χ3v) is 5.35. The highest BCUT2D eigenvalue weighted by Gasteiger charge is 2.37. The predicted molar refractivity (Wildman–Crippen MR) is 85.8 cm³/mol. The van der Waals surface area contributed by atoms with E-state index in [0.29, 0.717) is 19.1 Å². The Labute approximate surface area is 149 Å². The quantitative estimate of drug-likeness (QED) is 0.709. The lowest BCUT2D eigenvalue weighted by atomic mass is 10.2. The molecule has 0 radical (unpaired) electrons. The minimum atomic E-state index is -4.82. The van der Waals surface area contributed by atoms with Crippen LogP contribution in [0.4, 0.5) is 13.2 Å². The fourth-order valence-corrected chi connectivity index (χ4v) is 3.82. The van der Waals surface area contributed by atoms with E-state index in [0.717, 1.165) is 31.4 Å². The third-order valence-electron chi connectivity index (χ3n) is 3.59. The third kappa shape index (κ3) is 6.10. The first kappa shape index (κ1) is 20.4. The first-order valence-corrected chi connectivity index (χ1v) is 9.66. The number of benzene rings is 1. The summed E-state index contributed by atoms with van der Waals surface area (Å²) < 4.78 is 76.3. The average Bonchev–Trinajstić information content (AvgIpc) is 2.54. The lowest BCUT2D eigenvalue weighted by Crippen LogP contribution is -2.29. The van der Waals surface area contributed by atoms with Crippen molar-refractivity contribution in [1.29, 1.82) is 0 Å². The van der Waals surface area contributed by atoms with Gasteiger partial charge >= 0.3 is 6.18 Å². The maximum Gasteiger partial charge on any atom is 0.417 e. The Kier molecular flexibility index (Phi) is 7.10. The molecule has 1 aliphatic rings. The molecule has 1 atom stereocenters. The molecule has 0 spiro atoms. The van der Waals surface area contributed by atoms with E-state index in [9.17, 15) is 21.6 Å². The van der Waals surface area contributed by atoms with Gasteiger partial charge < -0.3 is 9.47 Å². The average molecular weight is 402 g/mol. The van der Waals surface area contributed by atoms with Crippen LogP contribution in [0.1, 0.15) is 31.2 Å². The van der Waals surface area contributed by atoms with Gasteiger partial charge in [-0.25, -0.2) is 13.1 Å². The van der Waals surface area contributed by atoms with E-state index in [-0.39, 0.29) is 24.5 Å². The van der Waals surface area contributed by atoms with Crippen LogP contribution in [-0.2, 0) is 25.7 Å². The maximum absolute atomic E-state index is 13.0. The molecule has 25 heavy (non-hydrogen) atoms. The van der Waals surface area contributed by atoms with Crippen molar-refractivity contribution in [2.24, 2.45) is 0 Å². The van der Waals surface area contributed by atoms with E-state index in [4.69, 9.17) is 21.1 Å². The highest BCUT2D eigenvalue weighted by Crippen LogP contribution is 2.35. The number of rotatable bonds is 7. The monoisotopic (exact) mass is 401 g/mol. The number of alkyl halides is 3. The minimum absolute atomic E-state index is 0.0466. The zero-order valence-electron chi connectivity index (χ0n) is 13.3. The highest BCUT2D eigenvalue weighted by molar-refractivity contribution is 7.89. The Morgan fingerprint density at radius 3 is 2.72 bits per heavy atom. The number of ether oxygens (including phenoxy) is 2. The Hall–Kier alpha value is -0.870. The lowest BCUT2D eigenvalue weighted by molar-refractivity contribution is -0.162. The van der Waals surface area contributed by atoms with Gasteiger partial charge in [0.15, 0.2) is 6.29 Å². The molecule has 0 amide bonds. The summed E-state index contributed by atoms with van der Waals surface area (Å²) in [6, 6.07) is 2.55. The van der Waals surface area contributed by atoms with Crippen molar-refractivity contribution < 1.29 is 31.1 Å². The van der Waals surface area contributed by atoms with Gasteiger partial charge in [0.05, 0.1) is 17.1 Å². The maximum atomic E-state index is 13.0. The van der Waals surface area contributed by atoms with Crippen molar-refractivity contribution in [2.75, 3.05) is 19.8 Å². The molecule has 1 fully saturated rings. The van der Waals surface area contributed by atoms with Crippen LogP contribution in [0.2, 0.25) is 5.02 Å². The van der Waals surface area contributed by atoms with E-state index in [1.54, 1.807) is 0 Å². The largest absolute Gasteiger partial charge is 0.417 e. The summed E-state index contributed by atoms with van der Waals surface area (Å²) in [4.78, 5) is -0.846. The normalized spacial score (nSPS) is 19.1. The van der Waals surface area contributed by atoms with Gasteiger partial charge in [0.1, 0.15) is 0 Å². The van der Waals surface area contributed by atoms with Gasteiger partial charge in [0, 0.05) is 18.2 Å². The summed E-state index contributed by atoms with van der Waals surface area (Å²) in [5.41, 5.74) is -1.29. The van der Waals surface area contributed by atoms with Crippen molar-refractivity contribution in [1.82, 2.24) is 4.72 Å². The van der Waals surface area contributed by atoms with Gasteiger partial charge in [-0.1, -0.05) is 11.6 Å². The lowest BCUT2D eigenvalue weighted by Gasteiger charge is -2.22. The molecule has 0 aliphatic carbocycles. The number of halogens is 4. The highest BCUT2D eigenvalue weighted by atomic mass is 35.5. The molecular weight excluding hydrogens is 383 g/mol. The van der Waals surface area contributed by atoms with E-state index < -0.39 is 26.7 Å². The molecule has 10 heteroatoms. The van der Waals surface area contributed by atoms with Gasteiger partial charge in [-0.3, -0.25) is 0 Å². The fourth-order valence-electron chi connectivity index (χ4n) is 2.37. The van der Waals surface area contributed by atoms with Gasteiger partial charge in [-0.15, -0.1) is 0 Å². The molecule has 2 rings (SSSR count). The molecule has 1 heterocycles. The standard InChI is InChI=1S/C15H19ClF3NO4S/c16-11-5-6-13(12(10-11)15(17,18)19)25(21,22)20-7-3-9-24-14-4-1-2-8-23-14/h5-6,10,14,20H,1-4,7-9H2. The zero-order chi connectivity index (χ0) is 18.5. The Morgan fingerprint density at radius 1 is 1.32 bits per heavy atom. The SMILES string of the molecule is O=S(=O)(NCCCOC1CCCCO1)c1ccc(Cl)cc1C(F)(F)F. The zero-order valence-corrected chi connectivity index (χ0v) is 14.9. The summed E-state index contributed by atoms with van der Waals surface area (Å²) in [5.74, 6) is 0. The number of hydrogen-bond donors (Lipinski definition) is 1. The van der Waals surface area contributed by atoms with Gasteiger partial charge in [0.25, 0.3) is 0 Å². The molecule has 1 aromatic carbocycles. The summed E-state index contributed by atoms with van der Waals surface area (Å²) in [7, 11) is -4.31. The molecule has 0 aromatic heterocycles. The second-order valence-corrected chi connectivity index (χ2v) is 7.73. The molecule has 0 saturated carbocycles. The minimum Gasteiger partial charge on any atom is -0.353 e. The van der Waals surface area contributed by atoms with Crippen LogP contribution in [-0.4, -0.2) is 34.5 Å². The molecule has 1 aliphatic heterocycles. The first-order valence-electron chi connectivity index (χ1n) is 7.80. The van der Waals surface area contributed by atoms with E-state index in [1.165, 1.54) is 0 Å². The summed E-state index contributed by atoms with van der Waals surface area (Å²) in [5, 5.41) is -0.188. The Morgan fingerprint density at radius 2 is 2.08 bits per heavy atom. The summed E-state index contributed by atoms with van der Waals surface area (Å²) in [6.07, 6.45) is -2.02. The van der Waals surface area contributed by atoms with Gasteiger partial charge in [-0.2, -0.15) is 13.2 Å². The van der Waals surface area contributed by atoms with Crippen LogP contribution in [0.3, 0.4) is 0 Å². The van der Waals surface area contributed by atoms with Gasteiger partial charge in [0.2, 0.25) is 10.0 Å². The van der Waals surface area contributed by atoms with Crippen molar-refractivity contribution >= 4 is 21.6 Å².